The van der Waals surface area contributed by atoms with Crippen LogP contribution in [0.3, 0.4) is 0 Å². The number of hydrogen-bond acceptors (Lipinski definition) is 4. The van der Waals surface area contributed by atoms with E-state index in [1.807, 2.05) is 23.1 Å². The number of carbonyl (C=O) groups excluding carboxylic acids is 2. The zero-order valence-corrected chi connectivity index (χ0v) is 19.6. The summed E-state index contributed by atoms with van der Waals surface area (Å²) in [6.45, 7) is 9.29. The number of ether oxygens (including phenoxy) is 1. The molecular formula is C25H39N3O3. The molecule has 1 saturated carbocycles. The molecule has 1 saturated heterocycles. The number of hydrogen-bond donors (Lipinski definition) is 1. The summed E-state index contributed by atoms with van der Waals surface area (Å²) in [7, 11) is 1.69. The summed E-state index contributed by atoms with van der Waals surface area (Å²) in [5, 5.41) is 3.13. The lowest BCUT2D eigenvalue weighted by molar-refractivity contribution is -0.138. The van der Waals surface area contributed by atoms with Crippen LogP contribution in [0, 0.1) is 17.8 Å². The fourth-order valence-electron chi connectivity index (χ4n) is 4.78. The summed E-state index contributed by atoms with van der Waals surface area (Å²) in [6.07, 6.45) is 4.76. The van der Waals surface area contributed by atoms with Gasteiger partial charge in [0, 0.05) is 32.1 Å². The van der Waals surface area contributed by atoms with Crippen LogP contribution in [0.2, 0.25) is 0 Å². The molecule has 6 nitrogen and oxygen atoms in total. The summed E-state index contributed by atoms with van der Waals surface area (Å²) < 4.78 is 5.49. The van der Waals surface area contributed by atoms with E-state index in [2.05, 4.69) is 37.1 Å². The number of nitrogens with one attached hydrogen (secondary N) is 1. The topological polar surface area (TPSA) is 61.9 Å². The van der Waals surface area contributed by atoms with Crippen molar-refractivity contribution in [2.75, 3.05) is 38.2 Å². The van der Waals surface area contributed by atoms with Gasteiger partial charge in [0.05, 0.1) is 12.8 Å². The summed E-state index contributed by atoms with van der Waals surface area (Å²) in [4.78, 5) is 30.4. The van der Waals surface area contributed by atoms with E-state index in [4.69, 9.17) is 4.74 Å². The molecule has 1 unspecified atom stereocenters. The van der Waals surface area contributed by atoms with Crippen LogP contribution in [0.1, 0.15) is 52.9 Å². The first-order chi connectivity index (χ1) is 14.9. The number of para-hydroxylation sites is 2. The molecule has 2 fully saturated rings. The van der Waals surface area contributed by atoms with Gasteiger partial charge in [-0.05, 0) is 56.1 Å². The van der Waals surface area contributed by atoms with Crippen molar-refractivity contribution >= 4 is 17.5 Å². The van der Waals surface area contributed by atoms with Gasteiger partial charge >= 0.3 is 0 Å². The second-order valence-electron chi connectivity index (χ2n) is 9.63. The van der Waals surface area contributed by atoms with Gasteiger partial charge in [-0.3, -0.25) is 9.59 Å². The Kier molecular flexibility index (Phi) is 8.22. The molecule has 31 heavy (non-hydrogen) atoms. The average molecular weight is 430 g/mol. The van der Waals surface area contributed by atoms with Gasteiger partial charge in [-0.2, -0.15) is 0 Å². The fourth-order valence-corrected chi connectivity index (χ4v) is 4.78. The highest BCUT2D eigenvalue weighted by molar-refractivity contribution is 5.88. The summed E-state index contributed by atoms with van der Waals surface area (Å²) in [5.74, 6) is 2.09. The second kappa shape index (κ2) is 10.9. The summed E-state index contributed by atoms with van der Waals surface area (Å²) >= 11 is 0. The number of rotatable bonds is 7. The van der Waals surface area contributed by atoms with E-state index in [0.717, 1.165) is 50.2 Å². The molecule has 1 aromatic carbocycles. The van der Waals surface area contributed by atoms with Gasteiger partial charge < -0.3 is 19.9 Å². The quantitative estimate of drug-likeness (QED) is 0.718. The van der Waals surface area contributed by atoms with Crippen LogP contribution < -0.4 is 15.0 Å². The van der Waals surface area contributed by atoms with E-state index in [-0.39, 0.29) is 17.7 Å². The maximum atomic E-state index is 13.3. The number of carbonyl (C=O) groups is 2. The van der Waals surface area contributed by atoms with Gasteiger partial charge in [0.1, 0.15) is 11.8 Å². The number of benzene rings is 1. The van der Waals surface area contributed by atoms with Crippen molar-refractivity contribution in [3.05, 3.63) is 24.3 Å². The highest BCUT2D eigenvalue weighted by Gasteiger charge is 2.32. The lowest BCUT2D eigenvalue weighted by Gasteiger charge is -2.38. The van der Waals surface area contributed by atoms with Crippen LogP contribution in [-0.4, -0.2) is 56.0 Å². The first-order valence-corrected chi connectivity index (χ1v) is 11.9. The second-order valence-corrected chi connectivity index (χ2v) is 9.63. The molecule has 172 valence electrons. The van der Waals surface area contributed by atoms with Gasteiger partial charge in [-0.1, -0.05) is 32.9 Å². The van der Waals surface area contributed by atoms with E-state index in [1.165, 1.54) is 0 Å². The number of nitrogens with zero attached hydrogens (tertiary/aromatic N) is 2. The van der Waals surface area contributed by atoms with Crippen molar-refractivity contribution < 1.29 is 14.3 Å². The Labute approximate surface area is 187 Å². The van der Waals surface area contributed by atoms with Crippen LogP contribution in [0.4, 0.5) is 5.69 Å². The standard InChI is InChI=1S/C25H39N3O3/c1-18(2)17-21(26-24(29)20-11-9-19(3)10-12-20)25(30)28-15-13-27(14-16-28)22-7-5-6-8-23(22)31-4/h5-8,18-21H,9-17H2,1-4H3,(H,26,29). The van der Waals surface area contributed by atoms with Crippen molar-refractivity contribution in [1.29, 1.82) is 0 Å². The Morgan fingerprint density at radius 1 is 1.06 bits per heavy atom. The normalized spacial score (nSPS) is 22.9. The minimum absolute atomic E-state index is 0.0565. The third-order valence-electron chi connectivity index (χ3n) is 6.73. The van der Waals surface area contributed by atoms with E-state index in [1.54, 1.807) is 7.11 Å². The SMILES string of the molecule is COc1ccccc1N1CCN(C(=O)C(CC(C)C)NC(=O)C2CCC(C)CC2)CC1. The molecule has 1 N–H and O–H groups in total. The van der Waals surface area contributed by atoms with Crippen LogP contribution >= 0.6 is 0 Å². The highest BCUT2D eigenvalue weighted by atomic mass is 16.5. The van der Waals surface area contributed by atoms with Crippen molar-refractivity contribution in [2.45, 2.75) is 58.9 Å². The van der Waals surface area contributed by atoms with Crippen molar-refractivity contribution in [2.24, 2.45) is 17.8 Å². The van der Waals surface area contributed by atoms with Crippen molar-refractivity contribution in [1.82, 2.24) is 10.2 Å². The lowest BCUT2D eigenvalue weighted by atomic mass is 9.82. The molecule has 0 bridgehead atoms. The molecule has 6 heteroatoms. The maximum absolute atomic E-state index is 13.3. The van der Waals surface area contributed by atoms with Crippen LogP contribution in [0.25, 0.3) is 0 Å². The number of piperazine rings is 1. The Morgan fingerprint density at radius 3 is 2.32 bits per heavy atom. The molecule has 2 amide bonds. The number of methoxy groups -OCH3 is 1. The molecule has 1 aliphatic carbocycles. The predicted molar refractivity (Wildman–Crippen MR) is 124 cm³/mol. The molecule has 1 heterocycles. The van der Waals surface area contributed by atoms with E-state index >= 15 is 0 Å². The number of amides is 2. The molecular weight excluding hydrogens is 390 g/mol. The predicted octanol–water partition coefficient (Wildman–Crippen LogP) is 3.70. The van der Waals surface area contributed by atoms with Gasteiger partial charge in [0.25, 0.3) is 0 Å². The largest absolute Gasteiger partial charge is 0.495 e. The molecule has 3 rings (SSSR count). The van der Waals surface area contributed by atoms with Crippen molar-refractivity contribution in [3.63, 3.8) is 0 Å². The zero-order valence-electron chi connectivity index (χ0n) is 19.6. The van der Waals surface area contributed by atoms with E-state index in [9.17, 15) is 9.59 Å². The van der Waals surface area contributed by atoms with E-state index in [0.29, 0.717) is 31.3 Å². The van der Waals surface area contributed by atoms with Crippen LogP contribution in [0.15, 0.2) is 24.3 Å². The average Bonchev–Trinajstić information content (AvgIpc) is 2.78. The smallest absolute Gasteiger partial charge is 0.245 e. The van der Waals surface area contributed by atoms with Gasteiger partial charge in [0.2, 0.25) is 11.8 Å². The maximum Gasteiger partial charge on any atom is 0.245 e. The lowest BCUT2D eigenvalue weighted by Crippen LogP contribution is -2.56. The Bertz CT molecular complexity index is 735. The van der Waals surface area contributed by atoms with Crippen LogP contribution in [-0.2, 0) is 9.59 Å². The third kappa shape index (κ3) is 6.14. The Morgan fingerprint density at radius 2 is 1.71 bits per heavy atom. The molecule has 0 aromatic heterocycles. The van der Waals surface area contributed by atoms with Gasteiger partial charge in [-0.15, -0.1) is 0 Å². The van der Waals surface area contributed by atoms with Gasteiger partial charge in [0.15, 0.2) is 0 Å². The molecule has 0 spiro atoms. The zero-order chi connectivity index (χ0) is 22.4. The first kappa shape index (κ1) is 23.4. The summed E-state index contributed by atoms with van der Waals surface area (Å²) in [5.41, 5.74) is 1.07. The van der Waals surface area contributed by atoms with E-state index < -0.39 is 6.04 Å². The molecule has 2 aliphatic rings. The molecule has 0 radical (unpaired) electrons. The van der Waals surface area contributed by atoms with Crippen LogP contribution in [0.5, 0.6) is 5.75 Å². The molecule has 1 aliphatic heterocycles. The minimum atomic E-state index is -0.426. The monoisotopic (exact) mass is 429 g/mol. The molecule has 1 aromatic rings. The van der Waals surface area contributed by atoms with Crippen molar-refractivity contribution in [3.8, 4) is 5.75 Å². The number of anilines is 1. The minimum Gasteiger partial charge on any atom is -0.495 e. The fraction of sp³-hybridized carbons (Fsp3) is 0.680. The third-order valence-corrected chi connectivity index (χ3v) is 6.73. The van der Waals surface area contributed by atoms with Gasteiger partial charge in [-0.25, -0.2) is 0 Å². The first-order valence-electron chi connectivity index (χ1n) is 11.9. The molecule has 1 atom stereocenters. The Hall–Kier alpha value is -2.24. The Balaban J connectivity index is 1.59. The summed E-state index contributed by atoms with van der Waals surface area (Å²) in [6, 6.07) is 7.57. The highest BCUT2D eigenvalue weighted by Crippen LogP contribution is 2.30.